The van der Waals surface area contributed by atoms with Gasteiger partial charge in [0.1, 0.15) is 0 Å². The average molecular weight is 346 g/mol. The van der Waals surface area contributed by atoms with Gasteiger partial charge in [-0.15, -0.1) is 0 Å². The second-order valence-corrected chi connectivity index (χ2v) is 6.04. The molecule has 3 nitrogen and oxygen atoms in total. The largest absolute Gasteiger partial charge is 0.416 e. The van der Waals surface area contributed by atoms with E-state index in [2.05, 4.69) is 20.7 Å². The second-order valence-electron chi connectivity index (χ2n) is 3.51. The molecule has 1 rings (SSSR count). The summed E-state index contributed by atoms with van der Waals surface area (Å²) in [5.74, 6) is 0. The van der Waals surface area contributed by atoms with Crippen LogP contribution in [0.5, 0.6) is 0 Å². The topological polar surface area (TPSA) is 46.2 Å². The van der Waals surface area contributed by atoms with E-state index in [1.807, 2.05) is 0 Å². The molecule has 0 spiro atoms. The van der Waals surface area contributed by atoms with E-state index in [4.69, 9.17) is 0 Å². The van der Waals surface area contributed by atoms with Crippen LogP contribution in [0.1, 0.15) is 11.1 Å². The summed E-state index contributed by atoms with van der Waals surface area (Å²) >= 11 is 3.03. The minimum Gasteiger partial charge on any atom is -0.210 e. The van der Waals surface area contributed by atoms with Gasteiger partial charge < -0.3 is 0 Å². The highest BCUT2D eigenvalue weighted by Gasteiger charge is 2.34. The molecular weight excluding hydrogens is 335 g/mol. The summed E-state index contributed by atoms with van der Waals surface area (Å²) in [4.78, 5) is -0.349. The standard InChI is InChI=1S/C10H11BrF3NO2S/c1-7-8(10(12,13)14)3-2-4-9(7)18(16,17)15-6-5-11/h2-4,15H,5-6H2,1H3. The zero-order valence-corrected chi connectivity index (χ0v) is 11.8. The van der Waals surface area contributed by atoms with Crippen molar-refractivity contribution >= 4 is 26.0 Å². The number of hydrogen-bond donors (Lipinski definition) is 1. The van der Waals surface area contributed by atoms with Gasteiger partial charge in [0.15, 0.2) is 0 Å². The summed E-state index contributed by atoms with van der Waals surface area (Å²) in [7, 11) is -3.92. The molecule has 0 aliphatic heterocycles. The second kappa shape index (κ2) is 5.58. The first-order valence-electron chi connectivity index (χ1n) is 4.92. The maximum absolute atomic E-state index is 12.6. The monoisotopic (exact) mass is 345 g/mol. The molecule has 18 heavy (non-hydrogen) atoms. The Hall–Kier alpha value is -0.600. The first-order chi connectivity index (χ1) is 8.20. The van der Waals surface area contributed by atoms with Crippen LogP contribution >= 0.6 is 15.9 Å². The van der Waals surface area contributed by atoms with Gasteiger partial charge in [-0.1, -0.05) is 22.0 Å². The molecule has 0 fully saturated rings. The van der Waals surface area contributed by atoms with Crippen molar-refractivity contribution in [3.8, 4) is 0 Å². The van der Waals surface area contributed by atoms with Gasteiger partial charge in [-0.2, -0.15) is 13.2 Å². The van der Waals surface area contributed by atoms with Crippen molar-refractivity contribution in [1.82, 2.24) is 4.72 Å². The quantitative estimate of drug-likeness (QED) is 0.852. The Kier molecular flexibility index (Phi) is 4.79. The van der Waals surface area contributed by atoms with E-state index in [0.29, 0.717) is 5.33 Å². The van der Waals surface area contributed by atoms with Gasteiger partial charge in [-0.3, -0.25) is 0 Å². The molecule has 102 valence electrons. The van der Waals surface area contributed by atoms with Crippen LogP contribution in [0.15, 0.2) is 23.1 Å². The van der Waals surface area contributed by atoms with Crippen molar-refractivity contribution in [2.24, 2.45) is 0 Å². The van der Waals surface area contributed by atoms with E-state index in [1.165, 1.54) is 0 Å². The third kappa shape index (κ3) is 3.46. The molecule has 0 atom stereocenters. The van der Waals surface area contributed by atoms with Crippen molar-refractivity contribution < 1.29 is 21.6 Å². The number of hydrogen-bond acceptors (Lipinski definition) is 2. The summed E-state index contributed by atoms with van der Waals surface area (Å²) in [6.07, 6.45) is -4.56. The number of benzene rings is 1. The minimum absolute atomic E-state index is 0.109. The van der Waals surface area contributed by atoms with Gasteiger partial charge in [0, 0.05) is 11.9 Å². The number of rotatable bonds is 4. The van der Waals surface area contributed by atoms with Crippen molar-refractivity contribution in [1.29, 1.82) is 0 Å². The molecule has 1 aromatic rings. The smallest absolute Gasteiger partial charge is 0.210 e. The fraction of sp³-hybridized carbons (Fsp3) is 0.400. The molecule has 0 unspecified atom stereocenters. The number of halogens is 4. The molecular formula is C10H11BrF3NO2S. The molecule has 0 aliphatic carbocycles. The van der Waals surface area contributed by atoms with Gasteiger partial charge in [0.05, 0.1) is 10.5 Å². The average Bonchev–Trinajstić information content (AvgIpc) is 2.25. The van der Waals surface area contributed by atoms with Crippen LogP contribution in [-0.4, -0.2) is 20.3 Å². The normalized spacial score (nSPS) is 12.7. The third-order valence-corrected chi connectivity index (χ3v) is 4.27. The van der Waals surface area contributed by atoms with Crippen molar-refractivity contribution in [2.45, 2.75) is 18.0 Å². The Morgan fingerprint density at radius 3 is 2.44 bits per heavy atom. The van der Waals surface area contributed by atoms with Gasteiger partial charge in [0.2, 0.25) is 10.0 Å². The summed E-state index contributed by atoms with van der Waals surface area (Å²) in [6, 6.07) is 3.10. The molecule has 0 aliphatic rings. The molecule has 0 amide bonds. The van der Waals surface area contributed by atoms with E-state index in [9.17, 15) is 21.6 Å². The van der Waals surface area contributed by atoms with Crippen molar-refractivity contribution in [2.75, 3.05) is 11.9 Å². The molecule has 0 saturated carbocycles. The Bertz CT molecular complexity index is 528. The lowest BCUT2D eigenvalue weighted by atomic mass is 10.1. The lowest BCUT2D eigenvalue weighted by molar-refractivity contribution is -0.138. The van der Waals surface area contributed by atoms with Gasteiger partial charge in [-0.05, 0) is 24.6 Å². The van der Waals surface area contributed by atoms with Crippen LogP contribution in [0.3, 0.4) is 0 Å². The third-order valence-electron chi connectivity index (χ3n) is 2.27. The highest BCUT2D eigenvalue weighted by molar-refractivity contribution is 9.09. The maximum Gasteiger partial charge on any atom is 0.416 e. The number of nitrogens with one attached hydrogen (secondary N) is 1. The molecule has 0 radical (unpaired) electrons. The van der Waals surface area contributed by atoms with Gasteiger partial charge in [-0.25, -0.2) is 13.1 Å². The molecule has 1 aromatic carbocycles. The fourth-order valence-electron chi connectivity index (χ4n) is 1.46. The van der Waals surface area contributed by atoms with Crippen LogP contribution in [0.25, 0.3) is 0 Å². The number of alkyl halides is 4. The minimum atomic E-state index is -4.56. The van der Waals surface area contributed by atoms with Crippen LogP contribution in [0.2, 0.25) is 0 Å². The highest BCUT2D eigenvalue weighted by Crippen LogP contribution is 2.33. The van der Waals surface area contributed by atoms with Gasteiger partial charge >= 0.3 is 6.18 Å². The van der Waals surface area contributed by atoms with E-state index in [-0.39, 0.29) is 17.0 Å². The van der Waals surface area contributed by atoms with Crippen LogP contribution < -0.4 is 4.72 Å². The van der Waals surface area contributed by atoms with Gasteiger partial charge in [0.25, 0.3) is 0 Å². The van der Waals surface area contributed by atoms with E-state index < -0.39 is 21.8 Å². The molecule has 0 heterocycles. The van der Waals surface area contributed by atoms with Crippen LogP contribution in [-0.2, 0) is 16.2 Å². The predicted molar refractivity (Wildman–Crippen MR) is 65.2 cm³/mol. The van der Waals surface area contributed by atoms with Crippen molar-refractivity contribution in [3.05, 3.63) is 29.3 Å². The Labute approximate surface area is 112 Å². The molecule has 8 heteroatoms. The first kappa shape index (κ1) is 15.5. The molecule has 0 saturated heterocycles. The Balaban J connectivity index is 3.28. The first-order valence-corrected chi connectivity index (χ1v) is 7.53. The molecule has 0 bridgehead atoms. The Morgan fingerprint density at radius 2 is 1.94 bits per heavy atom. The summed E-state index contributed by atoms with van der Waals surface area (Å²) < 4.78 is 63.7. The van der Waals surface area contributed by atoms with E-state index >= 15 is 0 Å². The van der Waals surface area contributed by atoms with E-state index in [0.717, 1.165) is 25.1 Å². The Morgan fingerprint density at radius 1 is 1.33 bits per heavy atom. The van der Waals surface area contributed by atoms with Crippen LogP contribution in [0, 0.1) is 6.92 Å². The zero-order valence-electron chi connectivity index (χ0n) is 9.38. The maximum atomic E-state index is 12.6. The van der Waals surface area contributed by atoms with E-state index in [1.54, 1.807) is 0 Å². The summed E-state index contributed by atoms with van der Waals surface area (Å²) in [5, 5.41) is 0.379. The fourth-order valence-corrected chi connectivity index (χ4v) is 3.22. The van der Waals surface area contributed by atoms with Crippen molar-refractivity contribution in [3.63, 3.8) is 0 Å². The summed E-state index contributed by atoms with van der Waals surface area (Å²) in [5.41, 5.74) is -1.24. The lowest BCUT2D eigenvalue weighted by Gasteiger charge is -2.14. The highest BCUT2D eigenvalue weighted by atomic mass is 79.9. The zero-order chi connectivity index (χ0) is 14.0. The summed E-state index contributed by atoms with van der Waals surface area (Å²) in [6.45, 7) is 1.25. The molecule has 0 aromatic heterocycles. The predicted octanol–water partition coefficient (Wildman–Crippen LogP) is 2.69. The number of sulfonamides is 1. The lowest BCUT2D eigenvalue weighted by Crippen LogP contribution is -2.26. The molecule has 1 N–H and O–H groups in total. The van der Waals surface area contributed by atoms with Crippen LogP contribution in [0.4, 0.5) is 13.2 Å². The SMILES string of the molecule is Cc1c(C(F)(F)F)cccc1S(=O)(=O)NCCBr.